The molecule has 5 heterocycles. The van der Waals surface area contributed by atoms with E-state index in [-0.39, 0.29) is 26.1 Å². The fourth-order valence-corrected chi connectivity index (χ4v) is 12.3. The standard InChI is InChI=1S/C35H46O14/c1-9-16(2)25(37)47-19-13-20(46-17(3)36)32-15-45-34(42-8,27(38)41-7)26(32)30(5)24(22-23(32)29(19,4)14-44-22)49-31(6)18-12-21(35(30,31)40)48-28-33(18,39)10-11-43-28/h9-11,18-24,26,28,39-40H,12-15H2,1-8H3/b16-9+/t18-,19-,20+,21+,22-,23+,24+,26+,28+,29-,30-,31-,32+,33+,34+,35+/m1/s1. The molecule has 5 aliphatic heterocycles. The molecule has 14 heteroatoms. The zero-order chi connectivity index (χ0) is 35.3. The first-order chi connectivity index (χ1) is 23.0. The zero-order valence-corrected chi connectivity index (χ0v) is 29.1. The summed E-state index contributed by atoms with van der Waals surface area (Å²) in [5.74, 6) is -6.44. The van der Waals surface area contributed by atoms with Gasteiger partial charge in [0.15, 0.2) is 5.60 Å². The van der Waals surface area contributed by atoms with Crippen LogP contribution in [-0.2, 0) is 57.0 Å². The van der Waals surface area contributed by atoms with Crippen molar-refractivity contribution in [3.05, 3.63) is 24.0 Å². The van der Waals surface area contributed by atoms with Gasteiger partial charge in [-0.15, -0.1) is 0 Å². The van der Waals surface area contributed by atoms with Crippen LogP contribution >= 0.6 is 0 Å². The molecule has 7 fully saturated rings. The van der Waals surface area contributed by atoms with Gasteiger partial charge in [0.1, 0.15) is 23.4 Å². The molecule has 0 aromatic heterocycles. The van der Waals surface area contributed by atoms with Crippen LogP contribution in [0.1, 0.15) is 54.4 Å². The van der Waals surface area contributed by atoms with E-state index in [1.165, 1.54) is 33.5 Å². The first kappa shape index (κ1) is 33.5. The second-order valence-corrected chi connectivity index (χ2v) is 15.9. The fraction of sp³-hybridized carbons (Fsp3) is 0.800. The number of allylic oxidation sites excluding steroid dienone is 1. The second-order valence-electron chi connectivity index (χ2n) is 15.9. The molecule has 3 aliphatic carbocycles. The molecule has 8 aliphatic rings. The van der Waals surface area contributed by atoms with Crippen molar-refractivity contribution in [2.24, 2.45) is 34.0 Å². The number of hydrogen-bond donors (Lipinski definition) is 2. The molecular weight excluding hydrogens is 644 g/mol. The van der Waals surface area contributed by atoms with E-state index in [1.54, 1.807) is 26.8 Å². The lowest BCUT2D eigenvalue weighted by Gasteiger charge is -2.66. The van der Waals surface area contributed by atoms with Crippen molar-refractivity contribution in [1.29, 1.82) is 0 Å². The Hall–Kier alpha value is -2.59. The smallest absolute Gasteiger partial charge is 0.366 e. The molecule has 3 saturated carbocycles. The number of rotatable bonds is 5. The predicted octanol–water partition coefficient (Wildman–Crippen LogP) is 1.30. The number of aliphatic hydroxyl groups is 2. The molecule has 2 N–H and O–H groups in total. The van der Waals surface area contributed by atoms with Crippen molar-refractivity contribution in [1.82, 2.24) is 0 Å². The molecule has 0 radical (unpaired) electrons. The summed E-state index contributed by atoms with van der Waals surface area (Å²) in [6.07, 6.45) is -0.609. The van der Waals surface area contributed by atoms with Crippen LogP contribution in [0.5, 0.6) is 0 Å². The predicted molar refractivity (Wildman–Crippen MR) is 163 cm³/mol. The van der Waals surface area contributed by atoms with Gasteiger partial charge in [0.2, 0.25) is 6.29 Å². The summed E-state index contributed by atoms with van der Waals surface area (Å²) in [5, 5.41) is 25.6. The Morgan fingerprint density at radius 1 is 1.00 bits per heavy atom. The number of carbonyl (C=O) groups excluding carboxylic acids is 3. The summed E-state index contributed by atoms with van der Waals surface area (Å²) in [7, 11) is 2.57. The Balaban J connectivity index is 1.38. The molecule has 8 rings (SSSR count). The molecule has 1 spiro atoms. The van der Waals surface area contributed by atoms with Crippen LogP contribution in [0.3, 0.4) is 0 Å². The van der Waals surface area contributed by atoms with Gasteiger partial charge in [-0.25, -0.2) is 9.59 Å². The van der Waals surface area contributed by atoms with Crippen molar-refractivity contribution in [3.63, 3.8) is 0 Å². The van der Waals surface area contributed by atoms with Gasteiger partial charge in [0.05, 0.1) is 44.9 Å². The lowest BCUT2D eigenvalue weighted by Crippen LogP contribution is -2.78. The zero-order valence-electron chi connectivity index (χ0n) is 29.1. The molecule has 0 unspecified atom stereocenters. The van der Waals surface area contributed by atoms with Gasteiger partial charge in [-0.05, 0) is 33.3 Å². The summed E-state index contributed by atoms with van der Waals surface area (Å²) < 4.78 is 56.4. The van der Waals surface area contributed by atoms with Gasteiger partial charge in [0, 0.05) is 60.0 Å². The Bertz CT molecular complexity index is 1560. The third-order valence-corrected chi connectivity index (χ3v) is 14.3. The van der Waals surface area contributed by atoms with Crippen LogP contribution in [0.2, 0.25) is 0 Å². The van der Waals surface area contributed by atoms with E-state index in [2.05, 4.69) is 0 Å². The number of ether oxygens (including phenoxy) is 9. The molecule has 270 valence electrons. The molecule has 49 heavy (non-hydrogen) atoms. The highest BCUT2D eigenvalue weighted by Crippen LogP contribution is 2.81. The van der Waals surface area contributed by atoms with Gasteiger partial charge < -0.3 is 52.8 Å². The van der Waals surface area contributed by atoms with Gasteiger partial charge in [-0.1, -0.05) is 19.9 Å². The van der Waals surface area contributed by atoms with Crippen LogP contribution in [0.4, 0.5) is 0 Å². The largest absolute Gasteiger partial charge is 0.469 e. The second kappa shape index (κ2) is 10.0. The highest BCUT2D eigenvalue weighted by Gasteiger charge is 2.94. The number of hydrogen-bond acceptors (Lipinski definition) is 14. The highest BCUT2D eigenvalue weighted by molar-refractivity contribution is 5.87. The Morgan fingerprint density at radius 2 is 1.73 bits per heavy atom. The van der Waals surface area contributed by atoms with E-state index in [0.717, 1.165) is 0 Å². The number of esters is 3. The maximum atomic E-state index is 14.1. The number of fused-ring (bicyclic) bond motifs is 11. The lowest BCUT2D eigenvalue weighted by molar-refractivity contribution is -0.318. The summed E-state index contributed by atoms with van der Waals surface area (Å²) in [4.78, 5) is 40.4. The summed E-state index contributed by atoms with van der Waals surface area (Å²) >= 11 is 0. The first-order valence-electron chi connectivity index (χ1n) is 17.0. The summed E-state index contributed by atoms with van der Waals surface area (Å²) in [5.41, 5.74) is -8.23. The van der Waals surface area contributed by atoms with Crippen molar-refractivity contribution >= 4 is 17.9 Å². The topological polar surface area (TPSA) is 175 Å². The van der Waals surface area contributed by atoms with E-state index < -0.39 is 111 Å². The molecular formula is C35H46O14. The average molecular weight is 691 g/mol. The molecule has 0 aromatic rings. The van der Waals surface area contributed by atoms with Crippen molar-refractivity contribution < 1.29 is 67.2 Å². The molecule has 16 atom stereocenters. The minimum Gasteiger partial charge on any atom is -0.469 e. The van der Waals surface area contributed by atoms with Crippen LogP contribution in [0, 0.1) is 34.0 Å². The number of methoxy groups -OCH3 is 2. The number of carbonyl (C=O) groups is 3. The molecule has 4 saturated heterocycles. The van der Waals surface area contributed by atoms with E-state index in [4.69, 9.17) is 42.6 Å². The van der Waals surface area contributed by atoms with E-state index in [0.29, 0.717) is 5.57 Å². The van der Waals surface area contributed by atoms with Gasteiger partial charge in [0.25, 0.3) is 5.79 Å². The van der Waals surface area contributed by atoms with Crippen LogP contribution in [-0.4, -0.2) is 115 Å². The average Bonchev–Trinajstić information content (AvgIpc) is 3.82. The van der Waals surface area contributed by atoms with Gasteiger partial charge >= 0.3 is 17.9 Å². The summed E-state index contributed by atoms with van der Waals surface area (Å²) in [6, 6.07) is 0. The van der Waals surface area contributed by atoms with Crippen LogP contribution in [0.15, 0.2) is 24.0 Å². The maximum absolute atomic E-state index is 14.1. The third-order valence-electron chi connectivity index (χ3n) is 14.3. The SMILES string of the molecule is C/C=C(\C)C(=O)O[C@@H]1C[C@H](OC(C)=O)[C@]23CO[C@](OC)(C(=O)OC)[C@H]2[C@@]2(C)[C@@H](O[C@]4(C)[C@H]5C[C@H](O[C@@H]6OC=C[C@@]65O)[C@]24O)[C@@H]2OC[C@@]1(C)[C@H]23. The summed E-state index contributed by atoms with van der Waals surface area (Å²) in [6.45, 7) is 10.2. The van der Waals surface area contributed by atoms with E-state index in [1.807, 2.05) is 13.8 Å². The molecule has 2 bridgehead atoms. The fourth-order valence-electron chi connectivity index (χ4n) is 12.3. The molecule has 0 amide bonds. The van der Waals surface area contributed by atoms with Crippen LogP contribution < -0.4 is 0 Å². The third kappa shape index (κ3) is 3.45. The van der Waals surface area contributed by atoms with Crippen LogP contribution in [0.25, 0.3) is 0 Å². The quantitative estimate of drug-likeness (QED) is 0.240. The first-order valence-corrected chi connectivity index (χ1v) is 17.0. The minimum atomic E-state index is -2.11. The molecule has 14 nitrogen and oxygen atoms in total. The monoisotopic (exact) mass is 690 g/mol. The Kier molecular flexibility index (Phi) is 6.88. The van der Waals surface area contributed by atoms with Gasteiger partial charge in [-0.3, -0.25) is 4.79 Å². The Labute approximate surface area is 284 Å². The lowest BCUT2D eigenvalue weighted by atomic mass is 9.37. The molecule has 0 aromatic carbocycles. The minimum absolute atomic E-state index is 0.0620. The van der Waals surface area contributed by atoms with E-state index in [9.17, 15) is 24.6 Å². The van der Waals surface area contributed by atoms with Crippen molar-refractivity contribution in [3.8, 4) is 0 Å². The van der Waals surface area contributed by atoms with Crippen molar-refractivity contribution in [2.45, 2.75) is 114 Å². The normalized spacial score (nSPS) is 55.8. The van der Waals surface area contributed by atoms with Crippen molar-refractivity contribution in [2.75, 3.05) is 27.4 Å². The van der Waals surface area contributed by atoms with E-state index >= 15 is 0 Å². The highest BCUT2D eigenvalue weighted by atomic mass is 16.7. The Morgan fingerprint density at radius 3 is 2.39 bits per heavy atom. The maximum Gasteiger partial charge on any atom is 0.366 e. The van der Waals surface area contributed by atoms with Gasteiger partial charge in [-0.2, -0.15) is 0 Å².